The van der Waals surface area contributed by atoms with Gasteiger partial charge >= 0.3 is 12.0 Å². The summed E-state index contributed by atoms with van der Waals surface area (Å²) in [4.78, 5) is 29.5. The van der Waals surface area contributed by atoms with Gasteiger partial charge in [-0.1, -0.05) is 49.6 Å². The summed E-state index contributed by atoms with van der Waals surface area (Å²) in [7, 11) is 3.81. The third-order valence-corrected chi connectivity index (χ3v) is 5.80. The van der Waals surface area contributed by atoms with Gasteiger partial charge in [0, 0.05) is 25.3 Å². The molecule has 0 saturated heterocycles. The molecule has 2 aliphatic rings. The summed E-state index contributed by atoms with van der Waals surface area (Å²) >= 11 is 0. The van der Waals surface area contributed by atoms with Crippen LogP contribution >= 0.6 is 0 Å². The standard InChI is InChI=1S/C22H31N3O3/c1-4-28-21(26)19-18(15-24(2)17-13-9-6-10-14-17)25(3)22(27)23-20(19)16-11-7-5-8-12-16/h5,7-8,11-12,17,20H,4,6,9-10,13-15H2,1-3H3,(H,23,27)/t20-/m1/s1. The number of esters is 1. The van der Waals surface area contributed by atoms with E-state index in [1.807, 2.05) is 30.3 Å². The van der Waals surface area contributed by atoms with Gasteiger partial charge in [0.1, 0.15) is 0 Å². The number of hydrogen-bond acceptors (Lipinski definition) is 4. The molecule has 1 atom stereocenters. The Morgan fingerprint density at radius 2 is 1.89 bits per heavy atom. The topological polar surface area (TPSA) is 61.9 Å². The Bertz CT molecular complexity index is 726. The number of rotatable bonds is 6. The second-order valence-electron chi connectivity index (χ2n) is 7.64. The third-order valence-electron chi connectivity index (χ3n) is 5.80. The molecule has 1 N–H and O–H groups in total. The number of carbonyl (C=O) groups is 2. The summed E-state index contributed by atoms with van der Waals surface area (Å²) in [5.74, 6) is -0.366. The average Bonchev–Trinajstić information content (AvgIpc) is 2.72. The molecule has 6 heteroatoms. The molecule has 152 valence electrons. The Labute approximate surface area is 167 Å². The molecule has 1 aromatic carbocycles. The number of urea groups is 1. The highest BCUT2D eigenvalue weighted by molar-refractivity contribution is 5.95. The highest BCUT2D eigenvalue weighted by atomic mass is 16.5. The van der Waals surface area contributed by atoms with Gasteiger partial charge < -0.3 is 10.1 Å². The quantitative estimate of drug-likeness (QED) is 0.762. The van der Waals surface area contributed by atoms with Crippen LogP contribution in [0.4, 0.5) is 4.79 Å². The number of likely N-dealkylation sites (N-methyl/N-ethyl adjacent to an activating group) is 2. The Kier molecular flexibility index (Phi) is 6.73. The summed E-state index contributed by atoms with van der Waals surface area (Å²) in [6, 6.07) is 9.39. The molecule has 6 nitrogen and oxygen atoms in total. The molecule has 0 radical (unpaired) electrons. The van der Waals surface area contributed by atoms with Gasteiger partial charge in [-0.2, -0.15) is 0 Å². The average molecular weight is 386 g/mol. The van der Waals surface area contributed by atoms with E-state index in [1.165, 1.54) is 19.3 Å². The smallest absolute Gasteiger partial charge is 0.338 e. The third kappa shape index (κ3) is 4.38. The zero-order valence-electron chi connectivity index (χ0n) is 17.1. The van der Waals surface area contributed by atoms with Crippen LogP contribution in [-0.2, 0) is 9.53 Å². The molecule has 1 aliphatic heterocycles. The van der Waals surface area contributed by atoms with Crippen LogP contribution in [0.25, 0.3) is 0 Å². The maximum Gasteiger partial charge on any atom is 0.338 e. The van der Waals surface area contributed by atoms with Crippen molar-refractivity contribution >= 4 is 12.0 Å². The summed E-state index contributed by atoms with van der Waals surface area (Å²) in [6.45, 7) is 2.65. The first kappa shape index (κ1) is 20.4. The predicted molar refractivity (Wildman–Crippen MR) is 109 cm³/mol. The lowest BCUT2D eigenvalue weighted by Crippen LogP contribution is -2.50. The van der Waals surface area contributed by atoms with Crippen LogP contribution in [-0.4, -0.2) is 55.1 Å². The highest BCUT2D eigenvalue weighted by Gasteiger charge is 2.37. The zero-order valence-corrected chi connectivity index (χ0v) is 17.1. The normalized spacial score (nSPS) is 21.1. The maximum absolute atomic E-state index is 12.9. The molecule has 0 unspecified atom stereocenters. The lowest BCUT2D eigenvalue weighted by molar-refractivity contribution is -0.139. The van der Waals surface area contributed by atoms with Crippen LogP contribution in [0.5, 0.6) is 0 Å². The van der Waals surface area contributed by atoms with E-state index in [4.69, 9.17) is 4.74 Å². The molecule has 1 saturated carbocycles. The van der Waals surface area contributed by atoms with Gasteiger partial charge in [0.15, 0.2) is 0 Å². The zero-order chi connectivity index (χ0) is 20.1. The molecule has 0 bridgehead atoms. The van der Waals surface area contributed by atoms with Crippen molar-refractivity contribution in [1.82, 2.24) is 15.1 Å². The number of hydrogen-bond donors (Lipinski definition) is 1. The van der Waals surface area contributed by atoms with Crippen LogP contribution < -0.4 is 5.32 Å². The second-order valence-corrected chi connectivity index (χ2v) is 7.64. The molecule has 28 heavy (non-hydrogen) atoms. The lowest BCUT2D eigenvalue weighted by Gasteiger charge is -2.38. The number of carbonyl (C=O) groups excluding carboxylic acids is 2. The van der Waals surface area contributed by atoms with Gasteiger partial charge in [0.2, 0.25) is 0 Å². The first-order chi connectivity index (χ1) is 13.5. The van der Waals surface area contributed by atoms with Crippen molar-refractivity contribution in [2.24, 2.45) is 0 Å². The van der Waals surface area contributed by atoms with E-state index < -0.39 is 6.04 Å². The Morgan fingerprint density at radius 1 is 1.21 bits per heavy atom. The van der Waals surface area contributed by atoms with E-state index in [2.05, 4.69) is 17.3 Å². The van der Waals surface area contributed by atoms with Crippen LogP contribution in [0.15, 0.2) is 41.6 Å². The summed E-state index contributed by atoms with van der Waals surface area (Å²) in [5, 5.41) is 2.96. The van der Waals surface area contributed by atoms with E-state index in [0.29, 0.717) is 24.8 Å². The Hall–Kier alpha value is -2.34. The number of nitrogens with one attached hydrogen (secondary N) is 1. The largest absolute Gasteiger partial charge is 0.463 e. The van der Waals surface area contributed by atoms with Gasteiger partial charge in [0.05, 0.1) is 18.2 Å². The van der Waals surface area contributed by atoms with E-state index in [1.54, 1.807) is 18.9 Å². The molecular weight excluding hydrogens is 354 g/mol. The minimum atomic E-state index is -0.501. The molecule has 3 rings (SSSR count). The van der Waals surface area contributed by atoms with Gasteiger partial charge in [-0.3, -0.25) is 9.80 Å². The summed E-state index contributed by atoms with van der Waals surface area (Å²) in [6.07, 6.45) is 6.09. The van der Waals surface area contributed by atoms with Crippen LogP contribution in [0, 0.1) is 0 Å². The molecule has 0 spiro atoms. The number of benzene rings is 1. The van der Waals surface area contributed by atoms with Gasteiger partial charge in [-0.25, -0.2) is 9.59 Å². The number of amides is 2. The van der Waals surface area contributed by atoms with Gasteiger partial charge in [-0.05, 0) is 32.4 Å². The first-order valence-electron chi connectivity index (χ1n) is 10.2. The van der Waals surface area contributed by atoms with Crippen molar-refractivity contribution in [2.45, 2.75) is 51.1 Å². The fourth-order valence-corrected chi connectivity index (χ4v) is 4.18. The second kappa shape index (κ2) is 9.24. The predicted octanol–water partition coefficient (Wildman–Crippen LogP) is 3.46. The Morgan fingerprint density at radius 3 is 2.54 bits per heavy atom. The fraction of sp³-hybridized carbons (Fsp3) is 0.545. The van der Waals surface area contributed by atoms with E-state index in [-0.39, 0.29) is 12.0 Å². The van der Waals surface area contributed by atoms with Crippen molar-refractivity contribution in [2.75, 3.05) is 27.2 Å². The molecule has 0 aromatic heterocycles. The fourth-order valence-electron chi connectivity index (χ4n) is 4.18. The van der Waals surface area contributed by atoms with Crippen molar-refractivity contribution in [1.29, 1.82) is 0 Å². The van der Waals surface area contributed by atoms with Crippen LogP contribution in [0.2, 0.25) is 0 Å². The minimum absolute atomic E-state index is 0.200. The van der Waals surface area contributed by atoms with Crippen LogP contribution in [0.1, 0.15) is 50.6 Å². The monoisotopic (exact) mass is 385 g/mol. The molecule has 2 amide bonds. The van der Waals surface area contributed by atoms with Crippen molar-refractivity contribution in [3.05, 3.63) is 47.2 Å². The Balaban J connectivity index is 1.99. The summed E-state index contributed by atoms with van der Waals surface area (Å²) in [5.41, 5.74) is 2.13. The van der Waals surface area contributed by atoms with Gasteiger partial charge in [0.25, 0.3) is 0 Å². The molecule has 1 aromatic rings. The maximum atomic E-state index is 12.9. The van der Waals surface area contributed by atoms with Crippen molar-refractivity contribution < 1.29 is 14.3 Å². The van der Waals surface area contributed by atoms with E-state index in [0.717, 1.165) is 24.1 Å². The highest BCUT2D eigenvalue weighted by Crippen LogP contribution is 2.32. The van der Waals surface area contributed by atoms with Gasteiger partial charge in [-0.15, -0.1) is 0 Å². The van der Waals surface area contributed by atoms with E-state index >= 15 is 0 Å². The van der Waals surface area contributed by atoms with Crippen molar-refractivity contribution in [3.8, 4) is 0 Å². The molecule has 1 heterocycles. The first-order valence-corrected chi connectivity index (χ1v) is 10.2. The number of ether oxygens (including phenoxy) is 1. The van der Waals surface area contributed by atoms with Crippen LogP contribution in [0.3, 0.4) is 0 Å². The SMILES string of the molecule is CCOC(=O)C1=C(CN(C)C2CCCCC2)N(C)C(=O)N[C@@H]1c1ccccc1. The van der Waals surface area contributed by atoms with Crippen molar-refractivity contribution in [3.63, 3.8) is 0 Å². The molecule has 1 fully saturated rings. The lowest BCUT2D eigenvalue weighted by atomic mass is 9.92. The molecule has 1 aliphatic carbocycles. The van der Waals surface area contributed by atoms with E-state index in [9.17, 15) is 9.59 Å². The minimum Gasteiger partial charge on any atom is -0.463 e. The number of nitrogens with zero attached hydrogens (tertiary/aromatic N) is 2. The summed E-state index contributed by atoms with van der Waals surface area (Å²) < 4.78 is 5.38. The molecular formula is C22H31N3O3.